The molecular weight excluding hydrogens is 292 g/mol. The summed E-state index contributed by atoms with van der Waals surface area (Å²) in [5, 5.41) is 7.05. The Labute approximate surface area is 136 Å². The second kappa shape index (κ2) is 6.73. The number of rotatable bonds is 2. The Bertz CT molecular complexity index is 696. The number of aromatic nitrogens is 2. The molecule has 2 amide bonds. The Morgan fingerprint density at radius 2 is 1.96 bits per heavy atom. The van der Waals surface area contributed by atoms with Crippen molar-refractivity contribution in [2.75, 3.05) is 25.5 Å². The molecule has 1 N–H and O–H groups in total. The van der Waals surface area contributed by atoms with Gasteiger partial charge in [0.2, 0.25) is 0 Å². The van der Waals surface area contributed by atoms with E-state index in [1.54, 1.807) is 25.0 Å². The molecule has 0 fully saturated rings. The van der Waals surface area contributed by atoms with Crippen molar-refractivity contribution in [2.45, 2.75) is 19.3 Å². The van der Waals surface area contributed by atoms with Crippen molar-refractivity contribution in [1.82, 2.24) is 14.7 Å². The molecule has 0 atom stereocenters. The van der Waals surface area contributed by atoms with Crippen LogP contribution in [-0.2, 0) is 19.9 Å². The number of hydrogen-bond acceptors (Lipinski definition) is 3. The second-order valence-corrected chi connectivity index (χ2v) is 5.77. The van der Waals surface area contributed by atoms with Crippen molar-refractivity contribution in [3.05, 3.63) is 41.6 Å². The molecule has 3 rings (SSSR count). The molecule has 2 heterocycles. The number of aryl methyl sites for hydroxylation is 2. The molecule has 0 spiro atoms. The summed E-state index contributed by atoms with van der Waals surface area (Å²) in [6.45, 7) is 1.47. The number of hydrogen-bond donors (Lipinski definition) is 1. The first-order valence-corrected chi connectivity index (χ1v) is 7.87. The maximum Gasteiger partial charge on any atom is 0.322 e. The minimum Gasteiger partial charge on any atom is -0.478 e. The molecule has 0 saturated carbocycles. The monoisotopic (exact) mass is 314 g/mol. The zero-order valence-corrected chi connectivity index (χ0v) is 13.6. The van der Waals surface area contributed by atoms with E-state index >= 15 is 0 Å². The molecule has 1 aromatic heterocycles. The van der Waals surface area contributed by atoms with Gasteiger partial charge in [-0.2, -0.15) is 0 Å². The van der Waals surface area contributed by atoms with Crippen molar-refractivity contribution >= 4 is 11.7 Å². The van der Waals surface area contributed by atoms with Crippen LogP contribution < -0.4 is 10.1 Å². The highest BCUT2D eigenvalue weighted by molar-refractivity contribution is 5.90. The number of carbonyl (C=O) groups is 1. The number of amides is 2. The van der Waals surface area contributed by atoms with Crippen LogP contribution in [0.1, 0.15) is 17.5 Å². The smallest absolute Gasteiger partial charge is 0.322 e. The SMILES string of the molecule is COc1nn(C)cc1NC(=O)N1CCCc2ccccc2CC1. The number of urea groups is 1. The maximum atomic E-state index is 12.5. The molecular formula is C17H22N4O2. The molecule has 1 aliphatic heterocycles. The van der Waals surface area contributed by atoms with E-state index in [0.717, 1.165) is 25.8 Å². The average Bonchev–Trinajstić information content (AvgIpc) is 2.87. The molecule has 122 valence electrons. The van der Waals surface area contributed by atoms with Crippen LogP contribution in [0.15, 0.2) is 30.5 Å². The van der Waals surface area contributed by atoms with Crippen molar-refractivity contribution in [1.29, 1.82) is 0 Å². The van der Waals surface area contributed by atoms with Gasteiger partial charge in [-0.1, -0.05) is 24.3 Å². The molecule has 23 heavy (non-hydrogen) atoms. The highest BCUT2D eigenvalue weighted by Crippen LogP contribution is 2.22. The van der Waals surface area contributed by atoms with Crippen molar-refractivity contribution in [3.8, 4) is 5.88 Å². The summed E-state index contributed by atoms with van der Waals surface area (Å²) in [5.74, 6) is 0.429. The minimum absolute atomic E-state index is 0.101. The molecule has 2 aromatic rings. The zero-order valence-electron chi connectivity index (χ0n) is 13.6. The van der Waals surface area contributed by atoms with Crippen LogP contribution in [0.25, 0.3) is 0 Å². The summed E-state index contributed by atoms with van der Waals surface area (Å²) >= 11 is 0. The van der Waals surface area contributed by atoms with E-state index in [9.17, 15) is 4.79 Å². The minimum atomic E-state index is -0.101. The van der Waals surface area contributed by atoms with E-state index in [1.807, 2.05) is 4.90 Å². The molecule has 0 aliphatic carbocycles. The fraction of sp³-hybridized carbons (Fsp3) is 0.412. The Balaban J connectivity index is 1.68. The molecule has 0 unspecified atom stereocenters. The van der Waals surface area contributed by atoms with Gasteiger partial charge in [-0.15, -0.1) is 5.10 Å². The lowest BCUT2D eigenvalue weighted by Gasteiger charge is -2.26. The van der Waals surface area contributed by atoms with Gasteiger partial charge in [0.1, 0.15) is 5.69 Å². The molecule has 1 aliphatic rings. The molecule has 0 radical (unpaired) electrons. The lowest BCUT2D eigenvalue weighted by atomic mass is 9.98. The molecule has 6 heteroatoms. The van der Waals surface area contributed by atoms with Crippen LogP contribution in [0.3, 0.4) is 0 Å². The summed E-state index contributed by atoms with van der Waals surface area (Å²) in [4.78, 5) is 14.4. The molecule has 1 aromatic carbocycles. The first-order valence-electron chi connectivity index (χ1n) is 7.87. The lowest BCUT2D eigenvalue weighted by molar-refractivity contribution is 0.210. The predicted octanol–water partition coefficient (Wildman–Crippen LogP) is 2.45. The van der Waals surface area contributed by atoms with Gasteiger partial charge in [0.05, 0.1) is 13.3 Å². The van der Waals surface area contributed by atoms with E-state index in [-0.39, 0.29) is 6.03 Å². The number of anilines is 1. The number of carbonyl (C=O) groups excluding carboxylic acids is 1. The van der Waals surface area contributed by atoms with Crippen LogP contribution in [0, 0.1) is 0 Å². The van der Waals surface area contributed by atoms with Gasteiger partial charge in [-0.25, -0.2) is 4.79 Å². The van der Waals surface area contributed by atoms with Crippen molar-refractivity contribution in [3.63, 3.8) is 0 Å². The fourth-order valence-electron chi connectivity index (χ4n) is 2.97. The normalized spacial score (nSPS) is 14.6. The van der Waals surface area contributed by atoms with Crippen LogP contribution in [0.5, 0.6) is 5.88 Å². The first-order chi connectivity index (χ1) is 11.2. The topological polar surface area (TPSA) is 59.4 Å². The fourth-order valence-corrected chi connectivity index (χ4v) is 2.97. The van der Waals surface area contributed by atoms with Crippen molar-refractivity contribution in [2.24, 2.45) is 7.05 Å². The van der Waals surface area contributed by atoms with Gasteiger partial charge in [-0.3, -0.25) is 4.68 Å². The quantitative estimate of drug-likeness (QED) is 0.926. The van der Waals surface area contributed by atoms with E-state index in [1.165, 1.54) is 11.1 Å². The largest absolute Gasteiger partial charge is 0.478 e. The highest BCUT2D eigenvalue weighted by atomic mass is 16.5. The highest BCUT2D eigenvalue weighted by Gasteiger charge is 2.19. The van der Waals surface area contributed by atoms with Gasteiger partial charge in [0.25, 0.3) is 5.88 Å². The Morgan fingerprint density at radius 3 is 2.70 bits per heavy atom. The number of nitrogens with zero attached hydrogens (tertiary/aromatic N) is 3. The molecule has 0 bridgehead atoms. The van der Waals surface area contributed by atoms with Gasteiger partial charge in [-0.05, 0) is 30.4 Å². The summed E-state index contributed by atoms with van der Waals surface area (Å²) in [7, 11) is 3.34. The molecule has 6 nitrogen and oxygen atoms in total. The Hall–Kier alpha value is -2.50. The van der Waals surface area contributed by atoms with Crippen molar-refractivity contribution < 1.29 is 9.53 Å². The zero-order chi connectivity index (χ0) is 16.2. The van der Waals surface area contributed by atoms with Crippen LogP contribution in [-0.4, -0.2) is 40.9 Å². The number of benzene rings is 1. The summed E-state index contributed by atoms with van der Waals surface area (Å²) in [6, 6.07) is 8.38. The third kappa shape index (κ3) is 3.47. The Kier molecular flexibility index (Phi) is 4.50. The van der Waals surface area contributed by atoms with Gasteiger partial charge in [0, 0.05) is 20.1 Å². The van der Waals surface area contributed by atoms with Crippen LogP contribution in [0.4, 0.5) is 10.5 Å². The Morgan fingerprint density at radius 1 is 1.22 bits per heavy atom. The number of fused-ring (bicyclic) bond motifs is 1. The predicted molar refractivity (Wildman–Crippen MR) is 88.8 cm³/mol. The summed E-state index contributed by atoms with van der Waals surface area (Å²) in [6.07, 6.45) is 4.61. The van der Waals surface area contributed by atoms with Crippen LogP contribution >= 0.6 is 0 Å². The number of ether oxygens (including phenoxy) is 1. The third-order valence-electron chi connectivity index (χ3n) is 4.16. The van der Waals surface area contributed by atoms with Gasteiger partial charge < -0.3 is 15.0 Å². The standard InChI is InChI=1S/C17H22N4O2/c1-20-12-15(16(19-20)23-2)18-17(22)21-10-5-8-13-6-3-4-7-14(13)9-11-21/h3-4,6-7,12H,5,8-11H2,1-2H3,(H,18,22). The summed E-state index contributed by atoms with van der Waals surface area (Å²) in [5.41, 5.74) is 3.34. The molecule has 0 saturated heterocycles. The van der Waals surface area contributed by atoms with E-state index in [2.05, 4.69) is 34.7 Å². The van der Waals surface area contributed by atoms with Gasteiger partial charge >= 0.3 is 6.03 Å². The maximum absolute atomic E-state index is 12.5. The van der Waals surface area contributed by atoms with E-state index < -0.39 is 0 Å². The van der Waals surface area contributed by atoms with E-state index in [0.29, 0.717) is 18.1 Å². The number of nitrogens with one attached hydrogen (secondary N) is 1. The first kappa shape index (κ1) is 15.4. The van der Waals surface area contributed by atoms with Crippen LogP contribution in [0.2, 0.25) is 0 Å². The average molecular weight is 314 g/mol. The second-order valence-electron chi connectivity index (χ2n) is 5.77. The van der Waals surface area contributed by atoms with Gasteiger partial charge in [0.15, 0.2) is 0 Å². The van der Waals surface area contributed by atoms with E-state index in [4.69, 9.17) is 4.74 Å². The number of methoxy groups -OCH3 is 1. The summed E-state index contributed by atoms with van der Waals surface area (Å²) < 4.78 is 6.80. The lowest BCUT2D eigenvalue weighted by Crippen LogP contribution is -2.38. The third-order valence-corrected chi connectivity index (χ3v) is 4.16.